The van der Waals surface area contributed by atoms with Crippen LogP contribution in [0.15, 0.2) is 28.7 Å². The second-order valence-corrected chi connectivity index (χ2v) is 8.59. The Morgan fingerprint density at radius 3 is 2.30 bits per heavy atom. The zero-order valence-corrected chi connectivity index (χ0v) is 16.5. The third kappa shape index (κ3) is 7.09. The van der Waals surface area contributed by atoms with E-state index in [1.165, 1.54) is 0 Å². The van der Waals surface area contributed by atoms with Crippen LogP contribution in [0.2, 0.25) is 0 Å². The SMILES string of the molecule is O=C(CCO[N+](=O)[O-])OCOC(=O)C1=Cc2cc(S(F)(F)(F)(F)F)ccc2OC1C(F)(F)F. The van der Waals surface area contributed by atoms with Crippen LogP contribution in [0.4, 0.5) is 32.6 Å². The minimum absolute atomic E-state index is 0.160. The number of halogens is 8. The molecule has 2 rings (SSSR count). The van der Waals surface area contributed by atoms with Crippen molar-refractivity contribution in [3.05, 3.63) is 39.4 Å². The van der Waals surface area contributed by atoms with Crippen LogP contribution in [0.3, 0.4) is 0 Å². The van der Waals surface area contributed by atoms with Crippen molar-refractivity contribution in [2.45, 2.75) is 23.6 Å². The first-order valence-corrected chi connectivity index (χ1v) is 10.2. The third-order valence-corrected chi connectivity index (χ3v) is 4.86. The van der Waals surface area contributed by atoms with Gasteiger partial charge in [-0.3, -0.25) is 4.79 Å². The van der Waals surface area contributed by atoms with E-state index in [4.69, 9.17) is 0 Å². The van der Waals surface area contributed by atoms with E-state index in [1.54, 1.807) is 0 Å². The number of fused-ring (bicyclic) bond motifs is 1. The van der Waals surface area contributed by atoms with E-state index in [9.17, 15) is 52.3 Å². The lowest BCUT2D eigenvalue weighted by Crippen LogP contribution is -2.41. The van der Waals surface area contributed by atoms with Crippen molar-refractivity contribution < 1.29 is 66.3 Å². The molecule has 1 atom stereocenters. The van der Waals surface area contributed by atoms with Gasteiger partial charge in [0.15, 0.2) is 0 Å². The highest BCUT2D eigenvalue weighted by Gasteiger charge is 2.65. The summed E-state index contributed by atoms with van der Waals surface area (Å²) in [7, 11) is -10.2. The minimum Gasteiger partial charge on any atom is -0.475 e. The molecule has 186 valence electrons. The molecule has 0 saturated carbocycles. The standard InChI is InChI=1S/C15H11F8NO8S/c16-15(17,18)13-10(14(26)30-7-29-12(25)3-4-31-24(27)28)6-8-5-9(1-2-11(8)32-13)33(19,20,21,22)23/h1-2,5-6,13H,3-4,7H2. The molecule has 1 unspecified atom stereocenters. The third-order valence-electron chi connectivity index (χ3n) is 3.71. The van der Waals surface area contributed by atoms with Crippen molar-refractivity contribution >= 4 is 28.2 Å². The molecule has 1 aliphatic heterocycles. The number of nitrogens with zero attached hydrogens (tertiary/aromatic N) is 1. The maximum atomic E-state index is 13.3. The number of hydrogen-bond donors (Lipinski definition) is 0. The summed E-state index contributed by atoms with van der Waals surface area (Å²) in [6.45, 7) is -2.02. The van der Waals surface area contributed by atoms with Gasteiger partial charge in [0, 0.05) is 5.56 Å². The van der Waals surface area contributed by atoms with E-state index in [1.807, 2.05) is 0 Å². The number of ether oxygens (including phenoxy) is 3. The first-order valence-electron chi connectivity index (χ1n) is 8.21. The number of rotatable bonds is 8. The Morgan fingerprint density at radius 1 is 1.12 bits per heavy atom. The highest BCUT2D eigenvalue weighted by atomic mass is 32.5. The topological polar surface area (TPSA) is 114 Å². The second-order valence-electron chi connectivity index (χ2n) is 6.18. The van der Waals surface area contributed by atoms with Crippen LogP contribution in [-0.4, -0.2) is 42.7 Å². The van der Waals surface area contributed by atoms with Crippen LogP contribution in [0.5, 0.6) is 5.75 Å². The smallest absolute Gasteiger partial charge is 0.430 e. The molecule has 0 aromatic heterocycles. The maximum Gasteiger partial charge on any atom is 0.430 e. The van der Waals surface area contributed by atoms with Gasteiger partial charge in [-0.2, -0.15) is 13.2 Å². The van der Waals surface area contributed by atoms with Crippen LogP contribution in [0.25, 0.3) is 6.08 Å². The van der Waals surface area contributed by atoms with Crippen molar-refractivity contribution in [3.63, 3.8) is 0 Å². The van der Waals surface area contributed by atoms with Gasteiger partial charge in [-0.15, -0.1) is 10.1 Å². The van der Waals surface area contributed by atoms with E-state index in [2.05, 4.69) is 19.0 Å². The molecule has 1 heterocycles. The molecule has 18 heteroatoms. The van der Waals surface area contributed by atoms with Crippen LogP contribution >= 0.6 is 10.2 Å². The van der Waals surface area contributed by atoms with Gasteiger partial charge in [0.25, 0.3) is 5.09 Å². The molecular formula is C15H11F8NO8S. The summed E-state index contributed by atoms with van der Waals surface area (Å²) in [5, 5.41) is 8.70. The molecule has 0 fully saturated rings. The highest BCUT2D eigenvalue weighted by Crippen LogP contribution is 3.02. The van der Waals surface area contributed by atoms with Crippen molar-refractivity contribution in [2.24, 2.45) is 0 Å². The Morgan fingerprint density at radius 2 is 1.76 bits per heavy atom. The summed E-state index contributed by atoms with van der Waals surface area (Å²) >= 11 is 0. The predicted octanol–water partition coefficient (Wildman–Crippen LogP) is 4.69. The normalized spacial score (nSPS) is 17.9. The lowest BCUT2D eigenvalue weighted by atomic mass is 10.0. The van der Waals surface area contributed by atoms with E-state index >= 15 is 0 Å². The molecule has 0 amide bonds. The maximum absolute atomic E-state index is 13.3. The number of carbonyl (C=O) groups excluding carboxylic acids is 2. The molecule has 0 spiro atoms. The lowest BCUT2D eigenvalue weighted by Gasteiger charge is -2.41. The number of hydrogen-bond acceptors (Lipinski definition) is 8. The second kappa shape index (κ2) is 7.92. The number of carbonyl (C=O) groups is 2. The van der Waals surface area contributed by atoms with E-state index in [0.29, 0.717) is 0 Å². The molecule has 1 aromatic rings. The molecule has 0 saturated heterocycles. The van der Waals surface area contributed by atoms with Crippen molar-refractivity contribution in [1.82, 2.24) is 0 Å². The fourth-order valence-corrected chi connectivity index (χ4v) is 3.01. The summed E-state index contributed by atoms with van der Waals surface area (Å²) in [6.07, 6.45) is -8.79. The largest absolute Gasteiger partial charge is 0.475 e. The zero-order chi connectivity index (χ0) is 25.3. The number of esters is 2. The first-order chi connectivity index (χ1) is 14.8. The Bertz CT molecular complexity index is 1010. The summed E-state index contributed by atoms with van der Waals surface area (Å²) in [6, 6.07) is -0.103. The van der Waals surface area contributed by atoms with Gasteiger partial charge in [0.1, 0.15) is 17.3 Å². The van der Waals surface area contributed by atoms with E-state index < -0.39 is 81.1 Å². The van der Waals surface area contributed by atoms with Gasteiger partial charge in [0.05, 0.1) is 12.0 Å². The lowest BCUT2D eigenvalue weighted by molar-refractivity contribution is -0.757. The Balaban J connectivity index is 2.23. The molecule has 0 N–H and O–H groups in total. The summed E-state index contributed by atoms with van der Waals surface area (Å²) in [5.74, 6) is -3.93. The van der Waals surface area contributed by atoms with Crippen LogP contribution in [0.1, 0.15) is 12.0 Å². The average Bonchev–Trinajstić information content (AvgIpc) is 2.63. The molecule has 0 aliphatic carbocycles. The molecule has 0 radical (unpaired) electrons. The molecule has 33 heavy (non-hydrogen) atoms. The van der Waals surface area contributed by atoms with Gasteiger partial charge in [0.2, 0.25) is 12.9 Å². The van der Waals surface area contributed by atoms with Crippen LogP contribution < -0.4 is 4.74 Å². The number of benzene rings is 1. The fourth-order valence-electron chi connectivity index (χ4n) is 2.34. The van der Waals surface area contributed by atoms with Gasteiger partial charge >= 0.3 is 28.3 Å². The molecule has 0 bridgehead atoms. The molecule has 1 aromatic carbocycles. The Hall–Kier alpha value is -3.31. The van der Waals surface area contributed by atoms with Gasteiger partial charge in [-0.05, 0) is 24.3 Å². The van der Waals surface area contributed by atoms with E-state index in [0.717, 1.165) is 0 Å². The molecule has 1 aliphatic rings. The van der Waals surface area contributed by atoms with Gasteiger partial charge < -0.3 is 19.0 Å². The van der Waals surface area contributed by atoms with Gasteiger partial charge in [-0.25, -0.2) is 4.79 Å². The predicted molar refractivity (Wildman–Crippen MR) is 90.9 cm³/mol. The van der Waals surface area contributed by atoms with E-state index in [-0.39, 0.29) is 24.3 Å². The number of alkyl halides is 3. The van der Waals surface area contributed by atoms with Crippen LogP contribution in [-0.2, 0) is 23.9 Å². The van der Waals surface area contributed by atoms with Crippen LogP contribution in [0, 0.1) is 10.1 Å². The first kappa shape index (κ1) is 25.9. The summed E-state index contributed by atoms with van der Waals surface area (Å²) in [4.78, 5) is 34.6. The summed E-state index contributed by atoms with van der Waals surface area (Å²) < 4.78 is 118. The summed E-state index contributed by atoms with van der Waals surface area (Å²) in [5.41, 5.74) is -2.33. The Kier molecular flexibility index (Phi) is 6.23. The Labute approximate surface area is 177 Å². The molecular weight excluding hydrogens is 506 g/mol. The zero-order valence-electron chi connectivity index (χ0n) is 15.7. The van der Waals surface area contributed by atoms with Crippen molar-refractivity contribution in [1.29, 1.82) is 0 Å². The minimum atomic E-state index is -10.2. The van der Waals surface area contributed by atoms with Crippen molar-refractivity contribution in [3.8, 4) is 5.75 Å². The molecule has 9 nitrogen and oxygen atoms in total. The quantitative estimate of drug-likeness (QED) is 0.160. The fraction of sp³-hybridized carbons (Fsp3) is 0.333. The van der Waals surface area contributed by atoms with Gasteiger partial charge in [-0.1, -0.05) is 19.4 Å². The van der Waals surface area contributed by atoms with Crippen molar-refractivity contribution in [2.75, 3.05) is 13.4 Å². The average molecular weight is 517 g/mol. The highest BCUT2D eigenvalue weighted by molar-refractivity contribution is 8.45. The monoisotopic (exact) mass is 517 g/mol.